The quantitative estimate of drug-likeness (QED) is 0.754. The van der Waals surface area contributed by atoms with Crippen LogP contribution in [0.1, 0.15) is 10.5 Å². The third-order valence-corrected chi connectivity index (χ3v) is 5.55. The molecule has 0 unspecified atom stereocenters. The number of benzene rings is 2. The van der Waals surface area contributed by atoms with E-state index in [9.17, 15) is 9.90 Å². The van der Waals surface area contributed by atoms with Crippen LogP contribution in [0.3, 0.4) is 0 Å². The van der Waals surface area contributed by atoms with Crippen LogP contribution in [-0.4, -0.2) is 16.1 Å². The molecule has 0 spiro atoms. The molecule has 0 atom stereocenters. The number of carboxylic acids is 1. The normalized spacial score (nSPS) is 10.6. The summed E-state index contributed by atoms with van der Waals surface area (Å²) in [5.74, 6) is -1.00. The summed E-state index contributed by atoms with van der Waals surface area (Å²) in [5, 5.41) is 11.5. The largest absolute Gasteiger partial charge is 0.477 e. The van der Waals surface area contributed by atoms with Gasteiger partial charge >= 0.3 is 5.97 Å². The Bertz CT molecular complexity index is 736. The number of carboxylic acid groups (broad SMARTS) is 1. The number of rotatable bonds is 4. The molecule has 1 aromatic heterocycles. The fourth-order valence-corrected chi connectivity index (χ4v) is 4.45. The van der Waals surface area contributed by atoms with Gasteiger partial charge < -0.3 is 5.11 Å². The van der Waals surface area contributed by atoms with Crippen molar-refractivity contribution in [2.24, 2.45) is 0 Å². The zero-order valence-electron chi connectivity index (χ0n) is 11.8. The molecule has 22 heavy (non-hydrogen) atoms. The minimum absolute atomic E-state index is 0.0804. The molecule has 3 rings (SSSR count). The maximum Gasteiger partial charge on any atom is 0.354 e. The van der Waals surface area contributed by atoms with Crippen LogP contribution in [0.2, 0.25) is 0 Å². The number of hydrogen-bond acceptors (Lipinski definition) is 2. The standard InChI is InChI=1S/C18H14NO2P/c20-18(21)16-12-7-13-17(19-16)22(14-8-3-1-4-9-14)15-10-5-2-6-11-15/h1-13H,(H,20,21). The molecule has 1 heterocycles. The minimum Gasteiger partial charge on any atom is -0.477 e. The van der Waals surface area contributed by atoms with Gasteiger partial charge in [0.25, 0.3) is 0 Å². The van der Waals surface area contributed by atoms with Gasteiger partial charge in [0.2, 0.25) is 0 Å². The highest BCUT2D eigenvalue weighted by molar-refractivity contribution is 7.79. The van der Waals surface area contributed by atoms with Gasteiger partial charge in [-0.25, -0.2) is 9.78 Å². The van der Waals surface area contributed by atoms with Crippen molar-refractivity contribution < 1.29 is 9.90 Å². The van der Waals surface area contributed by atoms with Gasteiger partial charge in [-0.2, -0.15) is 0 Å². The van der Waals surface area contributed by atoms with E-state index in [4.69, 9.17) is 0 Å². The maximum atomic E-state index is 11.2. The first-order valence-electron chi connectivity index (χ1n) is 6.86. The predicted octanol–water partition coefficient (Wildman–Crippen LogP) is 2.54. The Balaban J connectivity index is 2.14. The van der Waals surface area contributed by atoms with Crippen molar-refractivity contribution in [3.8, 4) is 0 Å². The second-order valence-corrected chi connectivity index (χ2v) is 6.85. The van der Waals surface area contributed by atoms with Crippen molar-refractivity contribution in [3.63, 3.8) is 0 Å². The van der Waals surface area contributed by atoms with Crippen LogP contribution in [0, 0.1) is 0 Å². The molecule has 0 aliphatic rings. The number of hydrogen-bond donors (Lipinski definition) is 1. The van der Waals surface area contributed by atoms with E-state index in [-0.39, 0.29) is 5.69 Å². The SMILES string of the molecule is O=C(O)c1cccc(P(c2ccccc2)c2ccccc2)n1. The monoisotopic (exact) mass is 307 g/mol. The van der Waals surface area contributed by atoms with Crippen molar-refractivity contribution in [1.82, 2.24) is 4.98 Å². The Labute approximate surface area is 130 Å². The molecular formula is C18H14NO2P. The summed E-state index contributed by atoms with van der Waals surface area (Å²) < 4.78 is 0. The highest BCUT2D eigenvalue weighted by atomic mass is 31.1. The number of aromatic carboxylic acids is 1. The van der Waals surface area contributed by atoms with Crippen LogP contribution in [0.5, 0.6) is 0 Å². The minimum atomic E-state index is -1.00. The van der Waals surface area contributed by atoms with Crippen LogP contribution in [-0.2, 0) is 0 Å². The molecule has 0 amide bonds. The molecule has 3 aromatic rings. The summed E-state index contributed by atoms with van der Waals surface area (Å²) in [4.78, 5) is 15.5. The topological polar surface area (TPSA) is 50.2 Å². The van der Waals surface area contributed by atoms with E-state index in [1.165, 1.54) is 6.07 Å². The van der Waals surface area contributed by atoms with Gasteiger partial charge in [-0.05, 0) is 22.7 Å². The summed E-state index contributed by atoms with van der Waals surface area (Å²) in [5.41, 5.74) is 0.879. The highest BCUT2D eigenvalue weighted by Crippen LogP contribution is 2.31. The summed E-state index contributed by atoms with van der Waals surface area (Å²) in [6.07, 6.45) is 0. The van der Waals surface area contributed by atoms with Gasteiger partial charge in [0.15, 0.2) is 0 Å². The number of nitrogens with zero attached hydrogens (tertiary/aromatic N) is 1. The fraction of sp³-hybridized carbons (Fsp3) is 0. The Morgan fingerprint density at radius 3 is 1.82 bits per heavy atom. The second-order valence-electron chi connectivity index (χ2n) is 4.69. The third kappa shape index (κ3) is 3.05. The lowest BCUT2D eigenvalue weighted by atomic mass is 10.3. The molecule has 4 heteroatoms. The lowest BCUT2D eigenvalue weighted by molar-refractivity contribution is 0.0691. The fourth-order valence-electron chi connectivity index (χ4n) is 2.23. The van der Waals surface area contributed by atoms with E-state index in [0.29, 0.717) is 0 Å². The van der Waals surface area contributed by atoms with Crippen LogP contribution in [0.25, 0.3) is 0 Å². The van der Waals surface area contributed by atoms with Crippen molar-refractivity contribution in [3.05, 3.63) is 84.6 Å². The van der Waals surface area contributed by atoms with Crippen molar-refractivity contribution in [2.45, 2.75) is 0 Å². The summed E-state index contributed by atoms with van der Waals surface area (Å²) in [6, 6.07) is 25.4. The Kier molecular flexibility index (Phi) is 4.27. The van der Waals surface area contributed by atoms with Crippen molar-refractivity contribution in [1.29, 1.82) is 0 Å². The Morgan fingerprint density at radius 1 is 0.773 bits per heavy atom. The first-order valence-corrected chi connectivity index (χ1v) is 8.20. The van der Waals surface area contributed by atoms with Gasteiger partial charge in [0.05, 0.1) is 5.44 Å². The molecule has 0 fully saturated rings. The molecule has 0 aliphatic carbocycles. The summed E-state index contributed by atoms with van der Waals surface area (Å²) in [6.45, 7) is 0. The molecule has 0 saturated carbocycles. The van der Waals surface area contributed by atoms with E-state index in [0.717, 1.165) is 16.0 Å². The lowest BCUT2D eigenvalue weighted by Gasteiger charge is -2.18. The second kappa shape index (κ2) is 6.50. The maximum absolute atomic E-state index is 11.2. The van der Waals surface area contributed by atoms with E-state index in [1.807, 2.05) is 42.5 Å². The average Bonchev–Trinajstić information content (AvgIpc) is 2.57. The van der Waals surface area contributed by atoms with Crippen molar-refractivity contribution >= 4 is 29.9 Å². The number of carbonyl (C=O) groups is 1. The predicted molar refractivity (Wildman–Crippen MR) is 89.9 cm³/mol. The van der Waals surface area contributed by atoms with Crippen LogP contribution >= 0.6 is 7.92 Å². The lowest BCUT2D eigenvalue weighted by Crippen LogP contribution is -2.24. The highest BCUT2D eigenvalue weighted by Gasteiger charge is 2.18. The summed E-state index contributed by atoms with van der Waals surface area (Å²) >= 11 is 0. The third-order valence-electron chi connectivity index (χ3n) is 3.21. The molecule has 0 saturated heterocycles. The number of aromatic nitrogens is 1. The zero-order chi connectivity index (χ0) is 15.4. The van der Waals surface area contributed by atoms with Gasteiger partial charge in [-0.15, -0.1) is 0 Å². The summed E-state index contributed by atoms with van der Waals surface area (Å²) in [7, 11) is -0.861. The smallest absolute Gasteiger partial charge is 0.354 e. The Morgan fingerprint density at radius 2 is 1.32 bits per heavy atom. The molecule has 0 aliphatic heterocycles. The van der Waals surface area contributed by atoms with E-state index < -0.39 is 13.9 Å². The molecule has 1 N–H and O–H groups in total. The first-order chi connectivity index (χ1) is 10.8. The van der Waals surface area contributed by atoms with Gasteiger partial charge in [-0.3, -0.25) is 0 Å². The van der Waals surface area contributed by atoms with Crippen LogP contribution < -0.4 is 16.0 Å². The molecule has 2 aromatic carbocycles. The van der Waals surface area contributed by atoms with Gasteiger partial charge in [0.1, 0.15) is 5.69 Å². The molecule has 3 nitrogen and oxygen atoms in total. The van der Waals surface area contributed by atoms with E-state index >= 15 is 0 Å². The van der Waals surface area contributed by atoms with E-state index in [1.54, 1.807) is 6.07 Å². The zero-order valence-corrected chi connectivity index (χ0v) is 12.6. The average molecular weight is 307 g/mol. The Hall–Kier alpha value is -2.51. The van der Waals surface area contributed by atoms with Gasteiger partial charge in [0, 0.05) is 7.92 Å². The van der Waals surface area contributed by atoms with Crippen molar-refractivity contribution in [2.75, 3.05) is 0 Å². The number of pyridine rings is 1. The van der Waals surface area contributed by atoms with E-state index in [2.05, 4.69) is 29.2 Å². The molecule has 108 valence electrons. The first kappa shape index (κ1) is 14.4. The van der Waals surface area contributed by atoms with Crippen LogP contribution in [0.4, 0.5) is 0 Å². The van der Waals surface area contributed by atoms with Gasteiger partial charge in [-0.1, -0.05) is 66.7 Å². The molecule has 0 radical (unpaired) electrons. The molecular weight excluding hydrogens is 293 g/mol. The molecule has 0 bridgehead atoms. The van der Waals surface area contributed by atoms with Crippen LogP contribution in [0.15, 0.2) is 78.9 Å².